The average molecular weight is 272 g/mol. The standard InChI is InChI=1S/C12H20N2O3S/c1-5-14(6-2)18(15,16)11-8-9(3)7-10(13)12(11)17-4/h7-8H,5-6,13H2,1-4H3. The second-order valence-corrected chi connectivity index (χ2v) is 5.88. The first kappa shape index (κ1) is 14.8. The highest BCUT2D eigenvalue weighted by Gasteiger charge is 2.26. The van der Waals surface area contributed by atoms with Gasteiger partial charge in [0.15, 0.2) is 5.75 Å². The highest BCUT2D eigenvalue weighted by atomic mass is 32.2. The third-order valence-corrected chi connectivity index (χ3v) is 4.81. The minimum Gasteiger partial charge on any atom is -0.493 e. The van der Waals surface area contributed by atoms with E-state index in [1.54, 1.807) is 32.9 Å². The molecule has 0 radical (unpaired) electrons. The van der Waals surface area contributed by atoms with Crippen LogP contribution in [0.15, 0.2) is 17.0 Å². The Labute approximate surface area is 109 Å². The van der Waals surface area contributed by atoms with Crippen molar-refractivity contribution in [2.24, 2.45) is 0 Å². The molecule has 6 heteroatoms. The number of benzene rings is 1. The van der Waals surface area contributed by atoms with Crippen LogP contribution in [0.3, 0.4) is 0 Å². The molecule has 5 nitrogen and oxygen atoms in total. The number of rotatable bonds is 5. The van der Waals surface area contributed by atoms with Crippen LogP contribution in [0.2, 0.25) is 0 Å². The Morgan fingerprint density at radius 2 is 1.83 bits per heavy atom. The van der Waals surface area contributed by atoms with Crippen LogP contribution in [0.4, 0.5) is 5.69 Å². The van der Waals surface area contributed by atoms with Gasteiger partial charge in [-0.2, -0.15) is 4.31 Å². The van der Waals surface area contributed by atoms with E-state index in [2.05, 4.69) is 0 Å². The summed E-state index contributed by atoms with van der Waals surface area (Å²) in [6.45, 7) is 6.22. The van der Waals surface area contributed by atoms with Crippen molar-refractivity contribution in [3.63, 3.8) is 0 Å². The van der Waals surface area contributed by atoms with E-state index in [1.807, 2.05) is 0 Å². The van der Waals surface area contributed by atoms with E-state index in [9.17, 15) is 8.42 Å². The van der Waals surface area contributed by atoms with Crippen molar-refractivity contribution in [3.8, 4) is 5.75 Å². The molecule has 0 aliphatic carbocycles. The summed E-state index contributed by atoms with van der Waals surface area (Å²) in [4.78, 5) is 0.131. The lowest BCUT2D eigenvalue weighted by molar-refractivity contribution is 0.397. The zero-order chi connectivity index (χ0) is 13.9. The van der Waals surface area contributed by atoms with Crippen LogP contribution in [-0.2, 0) is 10.0 Å². The highest BCUT2D eigenvalue weighted by Crippen LogP contribution is 2.33. The van der Waals surface area contributed by atoms with E-state index < -0.39 is 10.0 Å². The normalized spacial score (nSPS) is 11.8. The summed E-state index contributed by atoms with van der Waals surface area (Å²) in [6.07, 6.45) is 0. The topological polar surface area (TPSA) is 72.6 Å². The van der Waals surface area contributed by atoms with Crippen LogP contribution in [0, 0.1) is 6.92 Å². The van der Waals surface area contributed by atoms with Gasteiger partial charge in [0, 0.05) is 13.1 Å². The van der Waals surface area contributed by atoms with Crippen LogP contribution in [0.25, 0.3) is 0 Å². The van der Waals surface area contributed by atoms with E-state index in [-0.39, 0.29) is 10.6 Å². The number of hydrogen-bond acceptors (Lipinski definition) is 4. The Hall–Kier alpha value is -1.27. The quantitative estimate of drug-likeness (QED) is 0.827. The molecule has 0 bridgehead atoms. The third-order valence-electron chi connectivity index (χ3n) is 2.76. The van der Waals surface area contributed by atoms with Crippen LogP contribution < -0.4 is 10.5 Å². The molecule has 0 atom stereocenters. The summed E-state index contributed by atoms with van der Waals surface area (Å²) < 4.78 is 31.4. The summed E-state index contributed by atoms with van der Waals surface area (Å²) in [7, 11) is -2.14. The Balaban J connectivity index is 3.49. The van der Waals surface area contributed by atoms with Crippen molar-refractivity contribution in [3.05, 3.63) is 17.7 Å². The van der Waals surface area contributed by atoms with Crippen molar-refractivity contribution in [1.29, 1.82) is 0 Å². The Kier molecular flexibility index (Phi) is 4.59. The molecule has 1 aromatic carbocycles. The number of anilines is 1. The second-order valence-electron chi connectivity index (χ2n) is 3.97. The number of methoxy groups -OCH3 is 1. The van der Waals surface area contributed by atoms with Gasteiger partial charge < -0.3 is 10.5 Å². The minimum atomic E-state index is -3.56. The molecule has 0 amide bonds. The van der Waals surface area contributed by atoms with E-state index in [4.69, 9.17) is 10.5 Å². The first-order valence-electron chi connectivity index (χ1n) is 5.82. The van der Waals surface area contributed by atoms with Gasteiger partial charge in [-0.1, -0.05) is 13.8 Å². The lowest BCUT2D eigenvalue weighted by Gasteiger charge is -2.21. The van der Waals surface area contributed by atoms with Crippen LogP contribution in [0.1, 0.15) is 19.4 Å². The van der Waals surface area contributed by atoms with Crippen LogP contribution in [-0.4, -0.2) is 32.9 Å². The number of sulfonamides is 1. The zero-order valence-corrected chi connectivity index (χ0v) is 12.0. The summed E-state index contributed by atoms with van der Waals surface area (Å²) in [5.41, 5.74) is 6.93. The molecule has 0 fully saturated rings. The maximum Gasteiger partial charge on any atom is 0.246 e. The van der Waals surface area contributed by atoms with E-state index in [1.165, 1.54) is 11.4 Å². The van der Waals surface area contributed by atoms with Gasteiger partial charge in [-0.15, -0.1) is 0 Å². The Bertz CT molecular complexity index is 522. The van der Waals surface area contributed by atoms with Gasteiger partial charge in [0.25, 0.3) is 0 Å². The maximum atomic E-state index is 12.5. The predicted molar refractivity (Wildman–Crippen MR) is 72.3 cm³/mol. The Morgan fingerprint density at radius 1 is 1.28 bits per heavy atom. The molecule has 1 rings (SSSR count). The van der Waals surface area contributed by atoms with Gasteiger partial charge in [-0.05, 0) is 24.6 Å². The largest absolute Gasteiger partial charge is 0.493 e. The number of aryl methyl sites for hydroxylation is 1. The molecule has 0 heterocycles. The number of nitrogen functional groups attached to an aromatic ring is 1. The first-order chi connectivity index (χ1) is 8.38. The molecule has 0 aromatic heterocycles. The van der Waals surface area contributed by atoms with Gasteiger partial charge in [-0.3, -0.25) is 0 Å². The molecule has 0 spiro atoms. The summed E-state index contributed by atoms with van der Waals surface area (Å²) in [5, 5.41) is 0. The maximum absolute atomic E-state index is 12.5. The molecule has 0 saturated carbocycles. The number of ether oxygens (including phenoxy) is 1. The number of hydrogen-bond donors (Lipinski definition) is 1. The number of nitrogens with two attached hydrogens (primary N) is 1. The average Bonchev–Trinajstić information content (AvgIpc) is 2.29. The van der Waals surface area contributed by atoms with E-state index in [0.717, 1.165) is 5.56 Å². The van der Waals surface area contributed by atoms with Crippen molar-refractivity contribution < 1.29 is 13.2 Å². The molecule has 0 aliphatic heterocycles. The molecule has 0 unspecified atom stereocenters. The fraction of sp³-hybridized carbons (Fsp3) is 0.500. The van der Waals surface area contributed by atoms with Crippen LogP contribution in [0.5, 0.6) is 5.75 Å². The molecule has 18 heavy (non-hydrogen) atoms. The molecule has 2 N–H and O–H groups in total. The third kappa shape index (κ3) is 2.59. The van der Waals surface area contributed by atoms with Crippen LogP contribution >= 0.6 is 0 Å². The van der Waals surface area contributed by atoms with Gasteiger partial charge >= 0.3 is 0 Å². The van der Waals surface area contributed by atoms with Gasteiger partial charge in [0.05, 0.1) is 12.8 Å². The summed E-state index contributed by atoms with van der Waals surface area (Å²) in [5.74, 6) is 0.215. The number of nitrogens with zero attached hydrogens (tertiary/aromatic N) is 1. The lowest BCUT2D eigenvalue weighted by Crippen LogP contribution is -2.31. The van der Waals surface area contributed by atoms with Gasteiger partial charge in [0.2, 0.25) is 10.0 Å². The monoisotopic (exact) mass is 272 g/mol. The van der Waals surface area contributed by atoms with Crippen molar-refractivity contribution in [1.82, 2.24) is 4.31 Å². The summed E-state index contributed by atoms with van der Waals surface area (Å²) >= 11 is 0. The van der Waals surface area contributed by atoms with Gasteiger partial charge in [-0.25, -0.2) is 8.42 Å². The minimum absolute atomic E-state index is 0.131. The Morgan fingerprint density at radius 3 is 2.28 bits per heavy atom. The van der Waals surface area contributed by atoms with Crippen molar-refractivity contribution in [2.45, 2.75) is 25.7 Å². The fourth-order valence-electron chi connectivity index (χ4n) is 1.88. The van der Waals surface area contributed by atoms with Gasteiger partial charge in [0.1, 0.15) is 4.90 Å². The lowest BCUT2D eigenvalue weighted by atomic mass is 10.2. The zero-order valence-electron chi connectivity index (χ0n) is 11.2. The fourth-order valence-corrected chi connectivity index (χ4v) is 3.61. The molecule has 102 valence electrons. The van der Waals surface area contributed by atoms with Crippen molar-refractivity contribution in [2.75, 3.05) is 25.9 Å². The SMILES string of the molecule is CCN(CC)S(=O)(=O)c1cc(C)cc(N)c1OC. The van der Waals surface area contributed by atoms with E-state index >= 15 is 0 Å². The molecular formula is C12H20N2O3S. The highest BCUT2D eigenvalue weighted by molar-refractivity contribution is 7.89. The second kappa shape index (κ2) is 5.58. The molecule has 1 aromatic rings. The molecular weight excluding hydrogens is 252 g/mol. The van der Waals surface area contributed by atoms with Crippen molar-refractivity contribution >= 4 is 15.7 Å². The first-order valence-corrected chi connectivity index (χ1v) is 7.26. The molecule has 0 saturated heterocycles. The van der Waals surface area contributed by atoms with E-state index in [0.29, 0.717) is 18.8 Å². The predicted octanol–water partition coefficient (Wildman–Crippen LogP) is 1.62. The summed E-state index contributed by atoms with van der Waals surface area (Å²) in [6, 6.07) is 3.28. The smallest absolute Gasteiger partial charge is 0.246 e. The molecule has 0 aliphatic rings.